The third-order valence-electron chi connectivity index (χ3n) is 4.72. The molecule has 1 aliphatic rings. The zero-order valence-electron chi connectivity index (χ0n) is 13.6. The number of nitro groups is 1. The summed E-state index contributed by atoms with van der Waals surface area (Å²) in [6.45, 7) is 4.83. The average molecular weight is 330 g/mol. The minimum Gasteiger partial charge on any atom is -0.389 e. The van der Waals surface area contributed by atoms with Crippen LogP contribution in [0.5, 0.6) is 0 Å². The topological polar surface area (TPSA) is 106 Å². The molecule has 0 bridgehead atoms. The number of fused-ring (bicyclic) bond motifs is 1. The fourth-order valence-corrected chi connectivity index (χ4v) is 3.76. The molecule has 0 amide bonds. The number of non-ortho nitro benzene ring substituents is 1. The fourth-order valence-electron chi connectivity index (χ4n) is 3.76. The summed E-state index contributed by atoms with van der Waals surface area (Å²) in [7, 11) is 0. The van der Waals surface area contributed by atoms with Crippen LogP contribution in [0.25, 0.3) is 0 Å². The van der Waals surface area contributed by atoms with Gasteiger partial charge >= 0.3 is 0 Å². The second-order valence-corrected chi connectivity index (χ2v) is 6.55. The van der Waals surface area contributed by atoms with Crippen molar-refractivity contribution in [3.63, 3.8) is 0 Å². The summed E-state index contributed by atoms with van der Waals surface area (Å²) in [4.78, 5) is 22.7. The molecular formula is C17H18N2O5. The molecule has 2 aromatic rings. The van der Waals surface area contributed by atoms with Crippen LogP contribution in [-0.4, -0.2) is 26.6 Å². The van der Waals surface area contributed by atoms with Gasteiger partial charge in [-0.1, -0.05) is 17.3 Å². The summed E-state index contributed by atoms with van der Waals surface area (Å²) < 4.78 is 5.27. The largest absolute Gasteiger partial charge is 0.389 e. The van der Waals surface area contributed by atoms with Gasteiger partial charge in [0.05, 0.1) is 22.1 Å². The van der Waals surface area contributed by atoms with Gasteiger partial charge in [0.1, 0.15) is 11.5 Å². The molecule has 7 nitrogen and oxygen atoms in total. The minimum absolute atomic E-state index is 0.0250. The fraction of sp³-hybridized carbons (Fsp3) is 0.412. The van der Waals surface area contributed by atoms with E-state index in [2.05, 4.69) is 5.16 Å². The van der Waals surface area contributed by atoms with E-state index < -0.39 is 22.4 Å². The van der Waals surface area contributed by atoms with Gasteiger partial charge in [-0.25, -0.2) is 0 Å². The molecule has 0 saturated carbocycles. The van der Waals surface area contributed by atoms with E-state index in [0.717, 1.165) is 5.56 Å². The number of aliphatic hydroxyl groups is 1. The maximum Gasteiger partial charge on any atom is 0.269 e. The Morgan fingerprint density at radius 3 is 2.58 bits per heavy atom. The Morgan fingerprint density at radius 2 is 2.04 bits per heavy atom. The lowest BCUT2D eigenvalue weighted by Gasteiger charge is -2.40. The molecule has 0 saturated heterocycles. The number of nitrogens with zero attached hydrogens (tertiary/aromatic N) is 2. The van der Waals surface area contributed by atoms with Gasteiger partial charge in [-0.3, -0.25) is 14.9 Å². The Kier molecular flexibility index (Phi) is 3.76. The second-order valence-electron chi connectivity index (χ2n) is 6.55. The second kappa shape index (κ2) is 5.52. The average Bonchev–Trinajstić information content (AvgIpc) is 2.85. The first-order valence-electron chi connectivity index (χ1n) is 7.64. The molecule has 0 spiro atoms. The maximum absolute atomic E-state index is 12.3. The summed E-state index contributed by atoms with van der Waals surface area (Å²) in [6.07, 6.45) is 0.230. The van der Waals surface area contributed by atoms with Gasteiger partial charge in [0, 0.05) is 30.0 Å². The zero-order valence-corrected chi connectivity index (χ0v) is 13.6. The number of aryl methyl sites for hydroxylation is 1. The van der Waals surface area contributed by atoms with E-state index in [1.54, 1.807) is 26.0 Å². The van der Waals surface area contributed by atoms with Gasteiger partial charge in [-0.05, 0) is 26.3 Å². The molecule has 0 fully saturated rings. The number of ketones is 1. The molecule has 1 heterocycles. The molecule has 7 heteroatoms. The van der Waals surface area contributed by atoms with Crippen LogP contribution in [0.3, 0.4) is 0 Å². The van der Waals surface area contributed by atoms with Crippen molar-refractivity contribution in [2.45, 2.75) is 38.7 Å². The van der Waals surface area contributed by atoms with Gasteiger partial charge in [-0.15, -0.1) is 0 Å². The predicted octanol–water partition coefficient (Wildman–Crippen LogP) is 2.54. The monoisotopic (exact) mass is 330 g/mol. The van der Waals surface area contributed by atoms with Crippen LogP contribution in [0, 0.1) is 23.0 Å². The Hall–Kier alpha value is -2.54. The van der Waals surface area contributed by atoms with Crippen LogP contribution in [0.1, 0.15) is 42.3 Å². The Bertz CT molecular complexity index is 807. The van der Waals surface area contributed by atoms with Gasteiger partial charge < -0.3 is 9.63 Å². The van der Waals surface area contributed by atoms with Gasteiger partial charge in [0.2, 0.25) is 0 Å². The number of nitro benzene ring substituents is 1. The van der Waals surface area contributed by atoms with Crippen LogP contribution in [0.4, 0.5) is 5.69 Å². The van der Waals surface area contributed by atoms with Crippen LogP contribution in [-0.2, 0) is 11.2 Å². The Labute approximate surface area is 138 Å². The zero-order chi connectivity index (χ0) is 17.6. The highest BCUT2D eigenvalue weighted by Crippen LogP contribution is 2.47. The molecule has 126 valence electrons. The van der Waals surface area contributed by atoms with Crippen molar-refractivity contribution in [2.75, 3.05) is 0 Å². The molecular weight excluding hydrogens is 312 g/mol. The molecule has 3 atom stereocenters. The molecule has 0 radical (unpaired) electrons. The first kappa shape index (κ1) is 16.3. The van der Waals surface area contributed by atoms with Crippen molar-refractivity contribution >= 4 is 11.5 Å². The highest BCUT2D eigenvalue weighted by Gasteiger charge is 2.49. The standard InChI is InChI=1S/C17H18N2O5/c1-9(20)16-15(11-4-6-12(7-5-11)19(22)23)14-10(2)24-18-13(14)8-17(16,3)21/h4-7,15-16,21H,8H2,1-3H3/t15-,16+,17+/m0/s1. The smallest absolute Gasteiger partial charge is 0.269 e. The van der Waals surface area contributed by atoms with E-state index >= 15 is 0 Å². The van der Waals surface area contributed by atoms with Crippen molar-refractivity contribution in [1.29, 1.82) is 0 Å². The van der Waals surface area contributed by atoms with Gasteiger partial charge in [-0.2, -0.15) is 0 Å². The maximum atomic E-state index is 12.3. The Morgan fingerprint density at radius 1 is 1.42 bits per heavy atom. The van der Waals surface area contributed by atoms with Crippen LogP contribution < -0.4 is 0 Å². The van der Waals surface area contributed by atoms with E-state index in [1.165, 1.54) is 19.1 Å². The number of aromatic nitrogens is 1. The first-order valence-corrected chi connectivity index (χ1v) is 7.64. The minimum atomic E-state index is -1.27. The van der Waals surface area contributed by atoms with Crippen LogP contribution in [0.2, 0.25) is 0 Å². The highest BCUT2D eigenvalue weighted by molar-refractivity contribution is 5.82. The van der Waals surface area contributed by atoms with Gasteiger partial charge in [0.25, 0.3) is 5.69 Å². The van der Waals surface area contributed by atoms with E-state index in [4.69, 9.17) is 4.52 Å². The van der Waals surface area contributed by atoms with Crippen LogP contribution in [0.15, 0.2) is 28.8 Å². The predicted molar refractivity (Wildman–Crippen MR) is 84.7 cm³/mol. The normalized spacial score (nSPS) is 26.0. The summed E-state index contributed by atoms with van der Waals surface area (Å²) in [5, 5.41) is 25.7. The third-order valence-corrected chi connectivity index (χ3v) is 4.72. The van der Waals surface area contributed by atoms with Gasteiger partial charge in [0.15, 0.2) is 0 Å². The SMILES string of the molecule is CC(=O)[C@@H]1[C@@H](c2ccc([N+](=O)[O-])cc2)c2c(noc2C)C[C@@]1(C)O. The first-order chi connectivity index (χ1) is 11.2. The number of carbonyl (C=O) groups excluding carboxylic acids is 1. The van der Waals surface area contributed by atoms with Crippen molar-refractivity contribution < 1.29 is 19.3 Å². The summed E-state index contributed by atoms with van der Waals surface area (Å²) in [5.74, 6) is -0.678. The molecule has 24 heavy (non-hydrogen) atoms. The lowest BCUT2D eigenvalue weighted by atomic mass is 9.64. The van der Waals surface area contributed by atoms with E-state index in [9.17, 15) is 20.0 Å². The highest BCUT2D eigenvalue weighted by atomic mass is 16.6. The molecule has 1 aliphatic carbocycles. The number of hydrogen-bond donors (Lipinski definition) is 1. The number of benzene rings is 1. The number of hydrogen-bond acceptors (Lipinski definition) is 6. The van der Waals surface area contributed by atoms with E-state index in [1.807, 2.05) is 0 Å². The lowest BCUT2D eigenvalue weighted by molar-refractivity contribution is -0.384. The summed E-state index contributed by atoms with van der Waals surface area (Å²) in [6, 6.07) is 6.05. The molecule has 1 aromatic heterocycles. The van der Waals surface area contributed by atoms with E-state index in [-0.39, 0.29) is 17.9 Å². The third kappa shape index (κ3) is 2.50. The summed E-state index contributed by atoms with van der Waals surface area (Å²) >= 11 is 0. The number of Topliss-reactive ketones (excluding diaryl/α,β-unsaturated/α-hetero) is 1. The number of carbonyl (C=O) groups is 1. The summed E-state index contributed by atoms with van der Waals surface area (Å²) in [5.41, 5.74) is 0.833. The van der Waals surface area contributed by atoms with E-state index in [0.29, 0.717) is 17.0 Å². The number of rotatable bonds is 3. The molecule has 3 rings (SSSR count). The lowest BCUT2D eigenvalue weighted by Crippen LogP contribution is -2.48. The van der Waals surface area contributed by atoms with Crippen molar-refractivity contribution in [2.24, 2.45) is 5.92 Å². The van der Waals surface area contributed by atoms with Crippen molar-refractivity contribution in [3.8, 4) is 0 Å². The molecule has 0 unspecified atom stereocenters. The van der Waals surface area contributed by atoms with Crippen LogP contribution >= 0.6 is 0 Å². The molecule has 1 N–H and O–H groups in total. The Balaban J connectivity index is 2.18. The van der Waals surface area contributed by atoms with Crippen molar-refractivity contribution in [3.05, 3.63) is 57.0 Å². The quantitative estimate of drug-likeness (QED) is 0.684. The molecule has 1 aromatic carbocycles. The van der Waals surface area contributed by atoms with Crippen molar-refractivity contribution in [1.82, 2.24) is 5.16 Å². The molecule has 0 aliphatic heterocycles.